The topological polar surface area (TPSA) is 30.7 Å². The Morgan fingerprint density at radius 1 is 1.33 bits per heavy atom. The molecule has 0 fully saturated rings. The van der Waals surface area contributed by atoms with Crippen LogP contribution in [0.2, 0.25) is 5.15 Å². The average Bonchev–Trinajstić information content (AvgIpc) is 2.87. The number of hydrogen-bond acceptors (Lipinski definition) is 3. The molecule has 2 heterocycles. The van der Waals surface area contributed by atoms with Gasteiger partial charge in [0.25, 0.3) is 0 Å². The van der Waals surface area contributed by atoms with Gasteiger partial charge in [0.05, 0.1) is 5.69 Å². The minimum atomic E-state index is 0.750. The molecule has 3 nitrogen and oxygen atoms in total. The third kappa shape index (κ3) is 1.48. The lowest BCUT2D eigenvalue weighted by atomic mass is 9.99. The summed E-state index contributed by atoms with van der Waals surface area (Å²) in [6, 6.07) is 0. The number of fused-ring (bicyclic) bond motifs is 1. The van der Waals surface area contributed by atoms with Crippen molar-refractivity contribution in [3.63, 3.8) is 0 Å². The number of aryl methyl sites for hydroxylation is 1. The van der Waals surface area contributed by atoms with Gasteiger partial charge >= 0.3 is 0 Å². The van der Waals surface area contributed by atoms with E-state index in [0.29, 0.717) is 0 Å². The zero-order valence-corrected chi connectivity index (χ0v) is 9.68. The predicted molar refractivity (Wildman–Crippen MR) is 60.9 cm³/mol. The lowest BCUT2D eigenvalue weighted by Crippen LogP contribution is -2.00. The van der Waals surface area contributed by atoms with Crippen molar-refractivity contribution in [3.05, 3.63) is 28.0 Å². The quantitative estimate of drug-likeness (QED) is 0.766. The van der Waals surface area contributed by atoms with Crippen LogP contribution in [0.1, 0.15) is 24.1 Å². The lowest BCUT2D eigenvalue weighted by Gasteiger charge is -2.07. The molecule has 0 amide bonds. The van der Waals surface area contributed by atoms with E-state index in [1.807, 2.05) is 5.38 Å². The number of nitrogens with zero attached hydrogens (tertiary/aromatic N) is 3. The number of hydrogen-bond donors (Lipinski definition) is 0. The number of aromatic nitrogens is 3. The van der Waals surface area contributed by atoms with Crippen LogP contribution < -0.4 is 0 Å². The highest BCUT2D eigenvalue weighted by atomic mass is 35.5. The number of thiazole rings is 1. The summed E-state index contributed by atoms with van der Waals surface area (Å²) in [4.78, 5) is 4.23. The first-order chi connectivity index (χ1) is 7.36. The van der Waals surface area contributed by atoms with Gasteiger partial charge in [0.2, 0.25) is 5.13 Å². The van der Waals surface area contributed by atoms with E-state index in [9.17, 15) is 0 Å². The molecule has 5 heteroatoms. The minimum Gasteiger partial charge on any atom is -0.227 e. The predicted octanol–water partition coefficient (Wildman–Crippen LogP) is 2.86. The maximum Gasteiger partial charge on any atom is 0.211 e. The second kappa shape index (κ2) is 3.61. The number of rotatable bonds is 1. The van der Waals surface area contributed by atoms with Crippen molar-refractivity contribution in [1.82, 2.24) is 14.8 Å². The molecular formula is C10H10ClN3S. The van der Waals surface area contributed by atoms with E-state index >= 15 is 0 Å². The van der Waals surface area contributed by atoms with Crippen LogP contribution in [0.15, 0.2) is 11.6 Å². The highest BCUT2D eigenvalue weighted by Crippen LogP contribution is 2.29. The van der Waals surface area contributed by atoms with Crippen molar-refractivity contribution in [2.45, 2.75) is 25.7 Å². The zero-order chi connectivity index (χ0) is 10.3. The van der Waals surface area contributed by atoms with Gasteiger partial charge in [0.1, 0.15) is 5.15 Å². The molecule has 1 aliphatic carbocycles. The number of halogens is 1. The summed E-state index contributed by atoms with van der Waals surface area (Å²) >= 11 is 7.86. The van der Waals surface area contributed by atoms with Crippen molar-refractivity contribution in [2.24, 2.45) is 0 Å². The molecule has 0 saturated heterocycles. The van der Waals surface area contributed by atoms with Crippen molar-refractivity contribution >= 4 is 22.9 Å². The molecule has 2 aromatic rings. The Hall–Kier alpha value is -0.870. The molecule has 15 heavy (non-hydrogen) atoms. The van der Waals surface area contributed by atoms with E-state index in [1.54, 1.807) is 22.2 Å². The van der Waals surface area contributed by atoms with Crippen LogP contribution in [0.25, 0.3) is 5.13 Å². The lowest BCUT2D eigenvalue weighted by molar-refractivity contribution is 0.671. The minimum absolute atomic E-state index is 0.750. The fraction of sp³-hybridized carbons (Fsp3) is 0.400. The first-order valence-corrected chi connectivity index (χ1v) is 6.28. The molecule has 0 radical (unpaired) electrons. The monoisotopic (exact) mass is 239 g/mol. The van der Waals surface area contributed by atoms with E-state index in [1.165, 1.54) is 18.4 Å². The van der Waals surface area contributed by atoms with Crippen molar-refractivity contribution in [1.29, 1.82) is 0 Å². The Labute approximate surface area is 96.7 Å². The van der Waals surface area contributed by atoms with Gasteiger partial charge in [0.15, 0.2) is 0 Å². The second-order valence-corrected chi connectivity index (χ2v) is 4.88. The Morgan fingerprint density at radius 2 is 2.20 bits per heavy atom. The largest absolute Gasteiger partial charge is 0.227 e. The summed E-state index contributed by atoms with van der Waals surface area (Å²) in [6.45, 7) is 0. The summed E-state index contributed by atoms with van der Waals surface area (Å²) in [7, 11) is 0. The van der Waals surface area contributed by atoms with Crippen molar-refractivity contribution < 1.29 is 0 Å². The van der Waals surface area contributed by atoms with Gasteiger partial charge in [-0.2, -0.15) is 9.78 Å². The Kier molecular flexibility index (Phi) is 2.25. The third-order valence-corrected chi connectivity index (χ3v) is 3.83. The molecule has 3 rings (SSSR count). The maximum absolute atomic E-state index is 6.30. The molecule has 0 saturated carbocycles. The standard InChI is InChI=1S/C10H10ClN3S/c11-9-7-3-1-2-4-8(7)13-14(9)10-12-5-6-15-10/h5-6H,1-4H2. The zero-order valence-electron chi connectivity index (χ0n) is 8.11. The van der Waals surface area contributed by atoms with E-state index in [2.05, 4.69) is 10.1 Å². The van der Waals surface area contributed by atoms with Crippen molar-refractivity contribution in [2.75, 3.05) is 0 Å². The van der Waals surface area contributed by atoms with Gasteiger partial charge in [-0.25, -0.2) is 4.98 Å². The fourth-order valence-corrected chi connectivity index (χ4v) is 2.93. The molecular weight excluding hydrogens is 230 g/mol. The van der Waals surface area contributed by atoms with Gasteiger partial charge in [0, 0.05) is 17.1 Å². The smallest absolute Gasteiger partial charge is 0.211 e. The maximum atomic E-state index is 6.30. The summed E-state index contributed by atoms with van der Waals surface area (Å²) in [5, 5.41) is 8.07. The summed E-state index contributed by atoms with van der Waals surface area (Å²) < 4.78 is 1.77. The van der Waals surface area contributed by atoms with Crippen molar-refractivity contribution in [3.8, 4) is 5.13 Å². The van der Waals surface area contributed by atoms with Gasteiger partial charge < -0.3 is 0 Å². The summed E-state index contributed by atoms with van der Waals surface area (Å²) in [6.07, 6.45) is 6.32. The van der Waals surface area contributed by atoms with E-state index < -0.39 is 0 Å². The van der Waals surface area contributed by atoms with Gasteiger partial charge in [-0.15, -0.1) is 11.3 Å². The molecule has 2 aromatic heterocycles. The van der Waals surface area contributed by atoms with Crippen LogP contribution in [0.3, 0.4) is 0 Å². The van der Waals surface area contributed by atoms with Crippen LogP contribution in [0.4, 0.5) is 0 Å². The SMILES string of the molecule is Clc1c2c(nn1-c1nccs1)CCCC2. The second-order valence-electron chi connectivity index (χ2n) is 3.65. The molecule has 0 spiro atoms. The Morgan fingerprint density at radius 3 is 2.93 bits per heavy atom. The van der Waals surface area contributed by atoms with Gasteiger partial charge in [-0.05, 0) is 25.7 Å². The highest BCUT2D eigenvalue weighted by molar-refractivity contribution is 7.12. The normalized spacial score (nSPS) is 15.3. The van der Waals surface area contributed by atoms with Gasteiger partial charge in [-0.1, -0.05) is 11.6 Å². The molecule has 0 aliphatic heterocycles. The summed E-state index contributed by atoms with van der Waals surface area (Å²) in [5.74, 6) is 0. The molecule has 1 aliphatic rings. The molecule has 0 N–H and O–H groups in total. The third-order valence-electron chi connectivity index (χ3n) is 2.69. The van der Waals surface area contributed by atoms with Crippen LogP contribution >= 0.6 is 22.9 Å². The Balaban J connectivity index is 2.13. The fourth-order valence-electron chi connectivity index (χ4n) is 1.96. The van der Waals surface area contributed by atoms with Crippen LogP contribution in [0, 0.1) is 0 Å². The summed E-state index contributed by atoms with van der Waals surface area (Å²) in [5.41, 5.74) is 2.37. The first-order valence-electron chi connectivity index (χ1n) is 5.02. The van der Waals surface area contributed by atoms with Gasteiger partial charge in [-0.3, -0.25) is 0 Å². The van der Waals surface area contributed by atoms with Crippen LogP contribution in [-0.2, 0) is 12.8 Å². The van der Waals surface area contributed by atoms with E-state index in [4.69, 9.17) is 11.6 Å². The molecule has 0 atom stereocenters. The van der Waals surface area contributed by atoms with E-state index in [-0.39, 0.29) is 0 Å². The molecule has 0 unspecified atom stereocenters. The van der Waals surface area contributed by atoms with E-state index in [0.717, 1.165) is 28.8 Å². The molecule has 0 aromatic carbocycles. The highest BCUT2D eigenvalue weighted by Gasteiger charge is 2.20. The van der Waals surface area contributed by atoms with Crippen LogP contribution in [-0.4, -0.2) is 14.8 Å². The molecule has 0 bridgehead atoms. The Bertz CT molecular complexity index is 475. The first kappa shape index (κ1) is 9.36. The average molecular weight is 240 g/mol. The van der Waals surface area contributed by atoms with Crippen LogP contribution in [0.5, 0.6) is 0 Å². The molecule has 78 valence electrons.